The van der Waals surface area contributed by atoms with Crippen LogP contribution in [-0.4, -0.2) is 32.4 Å². The number of nitrogens with zero attached hydrogens (tertiary/aromatic N) is 5. The van der Waals surface area contributed by atoms with E-state index in [9.17, 15) is 0 Å². The summed E-state index contributed by atoms with van der Waals surface area (Å²) in [5, 5.41) is 11.4. The van der Waals surface area contributed by atoms with Gasteiger partial charge in [0, 0.05) is 63.5 Å². The molecular formula is C49H34N6. The second-order valence-electron chi connectivity index (χ2n) is 13.2. The molecule has 260 valence electrons. The first-order valence-corrected chi connectivity index (χ1v) is 18.1. The zero-order valence-corrected chi connectivity index (χ0v) is 29.8. The molecule has 0 saturated carbocycles. The summed E-state index contributed by atoms with van der Waals surface area (Å²) in [5.74, 6) is 0.597. The average molecular weight is 707 g/mol. The fourth-order valence-electron chi connectivity index (χ4n) is 6.94. The first-order chi connectivity index (χ1) is 27.2. The van der Waals surface area contributed by atoms with Gasteiger partial charge in [-0.05, 0) is 76.9 Å². The highest BCUT2D eigenvalue weighted by atomic mass is 15.0. The fourth-order valence-corrected chi connectivity index (χ4v) is 6.94. The third-order valence-electron chi connectivity index (χ3n) is 9.70. The predicted molar refractivity (Wildman–Crippen MR) is 227 cm³/mol. The van der Waals surface area contributed by atoms with Crippen LogP contribution in [0, 0.1) is 5.41 Å². The van der Waals surface area contributed by atoms with Gasteiger partial charge in [-0.15, -0.1) is 0 Å². The highest BCUT2D eigenvalue weighted by Gasteiger charge is 2.13. The SMILES string of the molecule is N=C(N=C(N=Cc1cccc(-c2ccc(-c3cccnc3)nc2)c1)c1ccccc1)c1ccc(-c2ccc3c(c2)c2ccccc2n3-c2ccccc2)cc1. The Morgan fingerprint density at radius 1 is 0.527 bits per heavy atom. The number of hydrogen-bond donors (Lipinski definition) is 1. The first kappa shape index (κ1) is 33.3. The molecule has 6 nitrogen and oxygen atoms in total. The third-order valence-corrected chi connectivity index (χ3v) is 9.70. The van der Waals surface area contributed by atoms with E-state index in [-0.39, 0.29) is 5.84 Å². The van der Waals surface area contributed by atoms with Gasteiger partial charge in [0.2, 0.25) is 0 Å². The standard InChI is InChI=1S/C49H34N6/c50-48(36-22-20-35(21-23-36)39-25-27-47-44(30-39)43-18-7-8-19-46(43)55(47)42-16-5-2-6-17-42)54-49(37-12-3-1-4-13-37)53-31-34-11-9-14-38(29-34)40-24-26-45(52-33-40)41-15-10-28-51-32-41/h1-33,50H. The maximum atomic E-state index is 9.00. The summed E-state index contributed by atoms with van der Waals surface area (Å²) >= 11 is 0. The van der Waals surface area contributed by atoms with E-state index >= 15 is 0 Å². The van der Waals surface area contributed by atoms with Crippen LogP contribution >= 0.6 is 0 Å². The third kappa shape index (κ3) is 6.88. The maximum absolute atomic E-state index is 9.00. The number of benzene rings is 6. The molecule has 0 bridgehead atoms. The van der Waals surface area contributed by atoms with Gasteiger partial charge in [0.15, 0.2) is 11.7 Å². The minimum absolute atomic E-state index is 0.137. The van der Waals surface area contributed by atoms with Crippen LogP contribution in [0.25, 0.3) is 61.0 Å². The fraction of sp³-hybridized carbons (Fsp3) is 0. The summed E-state index contributed by atoms with van der Waals surface area (Å²) in [6, 6.07) is 59.6. The van der Waals surface area contributed by atoms with Crippen LogP contribution in [0.15, 0.2) is 204 Å². The van der Waals surface area contributed by atoms with Crippen molar-refractivity contribution in [2.75, 3.05) is 0 Å². The molecule has 55 heavy (non-hydrogen) atoms. The molecule has 3 heterocycles. The molecule has 0 unspecified atom stereocenters. The minimum atomic E-state index is 0.137. The largest absolute Gasteiger partial charge is 0.309 e. The van der Waals surface area contributed by atoms with Crippen LogP contribution in [0.1, 0.15) is 16.7 Å². The van der Waals surface area contributed by atoms with Crippen LogP contribution in [-0.2, 0) is 0 Å². The van der Waals surface area contributed by atoms with E-state index in [0.717, 1.165) is 55.8 Å². The zero-order valence-electron chi connectivity index (χ0n) is 29.8. The van der Waals surface area contributed by atoms with Gasteiger partial charge in [-0.25, -0.2) is 9.98 Å². The molecule has 0 atom stereocenters. The number of para-hydroxylation sites is 2. The molecule has 3 aromatic heterocycles. The van der Waals surface area contributed by atoms with Crippen LogP contribution < -0.4 is 0 Å². The second-order valence-corrected chi connectivity index (χ2v) is 13.2. The van der Waals surface area contributed by atoms with Gasteiger partial charge in [-0.1, -0.05) is 121 Å². The first-order valence-electron chi connectivity index (χ1n) is 18.1. The van der Waals surface area contributed by atoms with E-state index in [4.69, 9.17) is 15.4 Å². The van der Waals surface area contributed by atoms with Crippen molar-refractivity contribution >= 4 is 39.7 Å². The lowest BCUT2D eigenvalue weighted by molar-refractivity contribution is 1.18. The minimum Gasteiger partial charge on any atom is -0.309 e. The summed E-state index contributed by atoms with van der Waals surface area (Å²) in [5.41, 5.74) is 12.0. The number of rotatable bonds is 7. The average Bonchev–Trinajstić information content (AvgIpc) is 3.60. The molecule has 9 aromatic rings. The monoisotopic (exact) mass is 706 g/mol. The molecular weight excluding hydrogens is 673 g/mol. The van der Waals surface area contributed by atoms with Crippen molar-refractivity contribution in [2.24, 2.45) is 9.98 Å². The van der Waals surface area contributed by atoms with Crippen molar-refractivity contribution in [2.45, 2.75) is 0 Å². The van der Waals surface area contributed by atoms with E-state index in [2.05, 4.69) is 112 Å². The topological polar surface area (TPSA) is 79.3 Å². The van der Waals surface area contributed by atoms with Crippen molar-refractivity contribution in [3.63, 3.8) is 0 Å². The van der Waals surface area contributed by atoms with E-state index in [1.807, 2.05) is 91.3 Å². The zero-order chi connectivity index (χ0) is 37.0. The molecule has 1 N–H and O–H groups in total. The number of nitrogens with one attached hydrogen (secondary N) is 1. The van der Waals surface area contributed by atoms with Crippen LogP contribution in [0.3, 0.4) is 0 Å². The molecule has 0 amide bonds. The van der Waals surface area contributed by atoms with Crippen LogP contribution in [0.5, 0.6) is 0 Å². The Kier molecular flexibility index (Phi) is 8.96. The van der Waals surface area contributed by atoms with Gasteiger partial charge < -0.3 is 4.57 Å². The summed E-state index contributed by atoms with van der Waals surface area (Å²) in [4.78, 5) is 18.4. The van der Waals surface area contributed by atoms with E-state index < -0.39 is 0 Å². The molecule has 0 saturated heterocycles. The Balaban J connectivity index is 0.982. The van der Waals surface area contributed by atoms with Crippen LogP contribution in [0.4, 0.5) is 0 Å². The molecule has 9 rings (SSSR count). The normalized spacial score (nSPS) is 11.7. The Morgan fingerprint density at radius 2 is 1.24 bits per heavy atom. The van der Waals surface area contributed by atoms with Gasteiger partial charge >= 0.3 is 0 Å². The number of hydrogen-bond acceptors (Lipinski definition) is 3. The lowest BCUT2D eigenvalue weighted by Gasteiger charge is -2.08. The van der Waals surface area contributed by atoms with Crippen molar-refractivity contribution in [1.29, 1.82) is 5.41 Å². The summed E-state index contributed by atoms with van der Waals surface area (Å²) in [7, 11) is 0. The quantitative estimate of drug-likeness (QED) is 0.132. The molecule has 0 fully saturated rings. The highest BCUT2D eigenvalue weighted by molar-refractivity contribution is 6.14. The van der Waals surface area contributed by atoms with Gasteiger partial charge in [0.05, 0.1) is 16.7 Å². The number of amidine groups is 2. The summed E-state index contributed by atoms with van der Waals surface area (Å²) in [6.45, 7) is 0. The maximum Gasteiger partial charge on any atom is 0.161 e. The highest BCUT2D eigenvalue weighted by Crippen LogP contribution is 2.35. The van der Waals surface area contributed by atoms with Gasteiger partial charge in [0.1, 0.15) is 0 Å². The predicted octanol–water partition coefficient (Wildman–Crippen LogP) is 11.5. The molecule has 0 aliphatic carbocycles. The molecule has 0 spiro atoms. The van der Waals surface area contributed by atoms with Crippen molar-refractivity contribution in [3.8, 4) is 39.2 Å². The molecule has 6 heteroatoms. The Labute approximate surface area is 319 Å². The van der Waals surface area contributed by atoms with Crippen LogP contribution in [0.2, 0.25) is 0 Å². The van der Waals surface area contributed by atoms with Crippen molar-refractivity contribution in [3.05, 3.63) is 211 Å². The number of fused-ring (bicyclic) bond motifs is 3. The van der Waals surface area contributed by atoms with Crippen molar-refractivity contribution in [1.82, 2.24) is 14.5 Å². The number of aromatic nitrogens is 3. The smallest absolute Gasteiger partial charge is 0.161 e. The lowest BCUT2D eigenvalue weighted by atomic mass is 10.0. The Hall–Kier alpha value is -7.57. The van der Waals surface area contributed by atoms with Gasteiger partial charge in [0.25, 0.3) is 0 Å². The molecule has 0 aliphatic heterocycles. The van der Waals surface area contributed by atoms with E-state index in [1.54, 1.807) is 12.4 Å². The molecule has 6 aromatic carbocycles. The number of pyridine rings is 2. The van der Waals surface area contributed by atoms with E-state index in [1.165, 1.54) is 16.3 Å². The lowest BCUT2D eigenvalue weighted by Crippen LogP contribution is -2.04. The second kappa shape index (κ2) is 14.8. The molecule has 0 aliphatic rings. The summed E-state index contributed by atoms with van der Waals surface area (Å²) < 4.78 is 2.32. The van der Waals surface area contributed by atoms with Gasteiger partial charge in [-0.3, -0.25) is 15.4 Å². The van der Waals surface area contributed by atoms with E-state index in [0.29, 0.717) is 11.4 Å². The summed E-state index contributed by atoms with van der Waals surface area (Å²) in [6.07, 6.45) is 7.25. The molecule has 0 radical (unpaired) electrons. The van der Waals surface area contributed by atoms with Crippen molar-refractivity contribution < 1.29 is 0 Å². The Morgan fingerprint density at radius 3 is 2.02 bits per heavy atom. The van der Waals surface area contributed by atoms with Gasteiger partial charge in [-0.2, -0.15) is 0 Å². The Bertz CT molecular complexity index is 2840. The number of aliphatic imine (C=N–C) groups is 2.